The van der Waals surface area contributed by atoms with Gasteiger partial charge in [0, 0.05) is 0 Å². The van der Waals surface area contributed by atoms with E-state index in [1.165, 1.54) is 0 Å². The number of carbonyl (C=O) groups is 3. The van der Waals surface area contributed by atoms with Gasteiger partial charge >= 0.3 is 12.1 Å². The van der Waals surface area contributed by atoms with E-state index in [0.717, 1.165) is 0 Å². The van der Waals surface area contributed by atoms with Crippen LogP contribution in [-0.4, -0.2) is 35.7 Å². The number of terminal acetylenes is 1. The summed E-state index contributed by atoms with van der Waals surface area (Å²) in [5.41, 5.74) is -2.22. The first kappa shape index (κ1) is 13.8. The molecule has 0 saturated carbocycles. The summed E-state index contributed by atoms with van der Waals surface area (Å²) in [7, 11) is 0. The van der Waals surface area contributed by atoms with Crippen molar-refractivity contribution in [3.8, 4) is 12.3 Å². The smallest absolute Gasteiger partial charge is 0.407 e. The molecule has 4 amide bonds. The molecule has 0 spiro atoms. The van der Waals surface area contributed by atoms with Gasteiger partial charge in [0.05, 0.1) is 6.54 Å². The molecule has 1 heterocycles. The van der Waals surface area contributed by atoms with E-state index in [9.17, 15) is 14.4 Å². The highest BCUT2D eigenvalue weighted by molar-refractivity contribution is 6.09. The predicted octanol–water partition coefficient (Wildman–Crippen LogP) is -0.277. The van der Waals surface area contributed by atoms with Crippen molar-refractivity contribution in [1.29, 1.82) is 0 Å². The van der Waals surface area contributed by atoms with Gasteiger partial charge in [0.1, 0.15) is 5.60 Å². The minimum atomic E-state index is -1.56. The van der Waals surface area contributed by atoms with E-state index >= 15 is 0 Å². The molecular weight excluding hydrogens is 238 g/mol. The Morgan fingerprint density at radius 3 is 2.50 bits per heavy atom. The Bertz CT molecular complexity index is 433. The van der Waals surface area contributed by atoms with Gasteiger partial charge in [-0.05, 0) is 20.8 Å². The number of alkyl carbamates (subject to hydrolysis) is 1. The Balaban J connectivity index is 2.62. The van der Waals surface area contributed by atoms with Crippen LogP contribution in [0, 0.1) is 12.3 Å². The lowest BCUT2D eigenvalue weighted by atomic mass is 10.0. The second-order valence-electron chi connectivity index (χ2n) is 4.81. The van der Waals surface area contributed by atoms with E-state index in [1.54, 1.807) is 20.8 Å². The van der Waals surface area contributed by atoms with Gasteiger partial charge in [0.2, 0.25) is 0 Å². The molecule has 0 radical (unpaired) electrons. The number of carbonyl (C=O) groups excluding carboxylic acids is 3. The first-order valence-corrected chi connectivity index (χ1v) is 5.27. The van der Waals surface area contributed by atoms with Crippen molar-refractivity contribution < 1.29 is 19.1 Å². The zero-order valence-electron chi connectivity index (χ0n) is 10.4. The minimum absolute atomic E-state index is 0.240. The number of ether oxygens (including phenoxy) is 1. The fraction of sp³-hybridized carbons (Fsp3) is 0.545. The van der Waals surface area contributed by atoms with Crippen LogP contribution in [0.3, 0.4) is 0 Å². The summed E-state index contributed by atoms with van der Waals surface area (Å²) >= 11 is 0. The summed E-state index contributed by atoms with van der Waals surface area (Å²) in [6.07, 6.45) is 4.50. The molecule has 98 valence electrons. The van der Waals surface area contributed by atoms with Gasteiger partial charge in [-0.3, -0.25) is 10.1 Å². The first-order valence-electron chi connectivity index (χ1n) is 5.27. The van der Waals surface area contributed by atoms with E-state index in [-0.39, 0.29) is 6.54 Å². The van der Waals surface area contributed by atoms with E-state index in [4.69, 9.17) is 11.2 Å². The molecule has 3 N–H and O–H groups in total. The quantitative estimate of drug-likeness (QED) is 0.466. The molecule has 1 aliphatic rings. The number of hydrogen-bond donors (Lipinski definition) is 3. The van der Waals surface area contributed by atoms with Crippen molar-refractivity contribution in [2.45, 2.75) is 31.9 Å². The molecule has 0 bridgehead atoms. The van der Waals surface area contributed by atoms with E-state index in [1.807, 2.05) is 5.32 Å². The van der Waals surface area contributed by atoms with Crippen LogP contribution in [-0.2, 0) is 9.53 Å². The zero-order valence-corrected chi connectivity index (χ0v) is 10.4. The monoisotopic (exact) mass is 253 g/mol. The lowest BCUT2D eigenvalue weighted by Crippen LogP contribution is -2.54. The zero-order chi connectivity index (χ0) is 14.0. The average molecular weight is 253 g/mol. The predicted molar refractivity (Wildman–Crippen MR) is 62.5 cm³/mol. The molecule has 0 aliphatic carbocycles. The van der Waals surface area contributed by atoms with Crippen LogP contribution in [0.2, 0.25) is 0 Å². The molecule has 1 saturated heterocycles. The molecule has 7 heteroatoms. The van der Waals surface area contributed by atoms with Crippen molar-refractivity contribution in [1.82, 2.24) is 16.0 Å². The summed E-state index contributed by atoms with van der Waals surface area (Å²) in [4.78, 5) is 33.9. The highest BCUT2D eigenvalue weighted by Crippen LogP contribution is 2.10. The van der Waals surface area contributed by atoms with Crippen LogP contribution in [0.4, 0.5) is 9.59 Å². The van der Waals surface area contributed by atoms with Crippen molar-refractivity contribution in [3.63, 3.8) is 0 Å². The van der Waals surface area contributed by atoms with E-state index in [2.05, 4.69) is 16.6 Å². The number of urea groups is 1. The normalized spacial score (nSPS) is 22.8. The van der Waals surface area contributed by atoms with Crippen LogP contribution in [0.25, 0.3) is 0 Å². The van der Waals surface area contributed by atoms with Gasteiger partial charge in [-0.25, -0.2) is 9.59 Å². The third kappa shape index (κ3) is 3.13. The number of hydrogen-bond acceptors (Lipinski definition) is 4. The molecule has 1 atom stereocenters. The fourth-order valence-electron chi connectivity index (χ4n) is 1.29. The van der Waals surface area contributed by atoms with Crippen LogP contribution in [0.15, 0.2) is 0 Å². The van der Waals surface area contributed by atoms with Crippen LogP contribution in [0.1, 0.15) is 20.8 Å². The standard InChI is InChI=1S/C11H15N3O4/c1-5-11(7(15)13-8(16)14-11)6-12-9(17)18-10(2,3)4/h1H,6H2,2-4H3,(H,12,17)(H2,13,14,15,16). The molecule has 1 aliphatic heterocycles. The SMILES string of the molecule is C#CC1(CNC(=O)OC(C)(C)C)NC(=O)NC1=O. The number of rotatable bonds is 2. The Labute approximate surface area is 105 Å². The largest absolute Gasteiger partial charge is 0.444 e. The maximum atomic E-state index is 11.5. The molecule has 7 nitrogen and oxygen atoms in total. The first-order chi connectivity index (χ1) is 8.18. The Hall–Kier alpha value is -2.23. The third-order valence-corrected chi connectivity index (χ3v) is 2.08. The average Bonchev–Trinajstić information content (AvgIpc) is 2.49. The van der Waals surface area contributed by atoms with Crippen molar-refractivity contribution in [3.05, 3.63) is 0 Å². The van der Waals surface area contributed by atoms with Crippen LogP contribution < -0.4 is 16.0 Å². The molecular formula is C11H15N3O4. The molecule has 0 aromatic rings. The molecule has 0 aromatic heterocycles. The fourth-order valence-corrected chi connectivity index (χ4v) is 1.29. The van der Waals surface area contributed by atoms with Crippen molar-refractivity contribution >= 4 is 18.0 Å². The second kappa shape index (κ2) is 4.56. The maximum absolute atomic E-state index is 11.5. The van der Waals surface area contributed by atoms with E-state index in [0.29, 0.717) is 0 Å². The molecule has 0 aromatic carbocycles. The summed E-state index contributed by atoms with van der Waals surface area (Å²) in [5.74, 6) is 1.49. The summed E-state index contributed by atoms with van der Waals surface area (Å²) in [5, 5.41) is 6.63. The lowest BCUT2D eigenvalue weighted by Gasteiger charge is -2.23. The molecule has 1 fully saturated rings. The topological polar surface area (TPSA) is 96.5 Å². The van der Waals surface area contributed by atoms with E-state index < -0.39 is 29.2 Å². The Morgan fingerprint density at radius 2 is 2.11 bits per heavy atom. The maximum Gasteiger partial charge on any atom is 0.407 e. The van der Waals surface area contributed by atoms with Gasteiger partial charge in [-0.1, -0.05) is 5.92 Å². The summed E-state index contributed by atoms with van der Waals surface area (Å²) in [6, 6.07) is -0.691. The van der Waals surface area contributed by atoms with Gasteiger partial charge in [0.15, 0.2) is 5.54 Å². The number of imide groups is 1. The second-order valence-corrected chi connectivity index (χ2v) is 4.81. The summed E-state index contributed by atoms with van der Waals surface area (Å²) in [6.45, 7) is 4.87. The van der Waals surface area contributed by atoms with Gasteiger partial charge in [-0.2, -0.15) is 0 Å². The van der Waals surface area contributed by atoms with Crippen molar-refractivity contribution in [2.24, 2.45) is 0 Å². The summed E-state index contributed by atoms with van der Waals surface area (Å²) < 4.78 is 4.99. The van der Waals surface area contributed by atoms with Gasteiger partial charge in [0.25, 0.3) is 5.91 Å². The number of nitrogens with one attached hydrogen (secondary N) is 3. The highest BCUT2D eigenvalue weighted by Gasteiger charge is 2.45. The Morgan fingerprint density at radius 1 is 1.50 bits per heavy atom. The molecule has 1 unspecified atom stereocenters. The van der Waals surface area contributed by atoms with Crippen molar-refractivity contribution in [2.75, 3.05) is 6.54 Å². The molecule has 18 heavy (non-hydrogen) atoms. The Kier molecular flexibility index (Phi) is 3.51. The molecule has 1 rings (SSSR count). The van der Waals surface area contributed by atoms with Gasteiger partial charge in [-0.15, -0.1) is 6.42 Å². The number of amides is 4. The van der Waals surface area contributed by atoms with Gasteiger partial charge < -0.3 is 15.4 Å². The minimum Gasteiger partial charge on any atom is -0.444 e. The lowest BCUT2D eigenvalue weighted by molar-refractivity contribution is -0.122. The third-order valence-electron chi connectivity index (χ3n) is 2.08. The van der Waals surface area contributed by atoms with Crippen LogP contribution in [0.5, 0.6) is 0 Å². The van der Waals surface area contributed by atoms with Crippen LogP contribution >= 0.6 is 0 Å². The highest BCUT2D eigenvalue weighted by atomic mass is 16.6.